The van der Waals surface area contributed by atoms with Gasteiger partial charge in [0.15, 0.2) is 17.0 Å². The number of carbonyl (C=O) groups is 1. The van der Waals surface area contributed by atoms with Gasteiger partial charge in [-0.05, 0) is 17.7 Å². The molecule has 0 bridgehead atoms. The van der Waals surface area contributed by atoms with Crippen molar-refractivity contribution in [3.63, 3.8) is 0 Å². The number of hydrogen-bond acceptors (Lipinski definition) is 3. The minimum Gasteiger partial charge on any atom is -0.504 e. The van der Waals surface area contributed by atoms with Crippen LogP contribution in [0, 0.1) is 0 Å². The summed E-state index contributed by atoms with van der Waals surface area (Å²) >= 11 is 0. The van der Waals surface area contributed by atoms with Crippen molar-refractivity contribution >= 4 is 5.97 Å². The fraction of sp³-hybridized carbons (Fsp3) is 0.300. The number of carboxylic acid groups (broad SMARTS) is 1. The molecule has 5 nitrogen and oxygen atoms in total. The quantitative estimate of drug-likeness (QED) is 0.517. The molecule has 15 heavy (non-hydrogen) atoms. The molecule has 5 heteroatoms. The van der Waals surface area contributed by atoms with E-state index in [1.165, 1.54) is 19.1 Å². The summed E-state index contributed by atoms with van der Waals surface area (Å²) in [4.78, 5) is 10.8. The van der Waals surface area contributed by atoms with E-state index in [1.54, 1.807) is 6.07 Å². The molecule has 0 aliphatic rings. The van der Waals surface area contributed by atoms with Crippen LogP contribution >= 0.6 is 0 Å². The van der Waals surface area contributed by atoms with Crippen LogP contribution in [-0.4, -0.2) is 26.8 Å². The van der Waals surface area contributed by atoms with Gasteiger partial charge in [0, 0.05) is 13.3 Å². The van der Waals surface area contributed by atoms with E-state index in [-0.39, 0.29) is 17.9 Å². The van der Waals surface area contributed by atoms with E-state index in [2.05, 4.69) is 5.73 Å². The van der Waals surface area contributed by atoms with Crippen molar-refractivity contribution in [3.8, 4) is 11.5 Å². The highest BCUT2D eigenvalue weighted by Gasteiger charge is 2.32. The average molecular weight is 212 g/mol. The highest BCUT2D eigenvalue weighted by atomic mass is 16.4. The topological polar surface area (TPSA) is 105 Å². The van der Waals surface area contributed by atoms with Crippen molar-refractivity contribution in [2.45, 2.75) is 18.9 Å². The number of hydrogen-bond donors (Lipinski definition) is 4. The maximum atomic E-state index is 10.8. The number of carboxylic acids is 1. The molecule has 1 aromatic rings. The number of phenolic OH excluding ortho intramolecular Hbond substituents is 2. The number of phenols is 2. The molecule has 0 fully saturated rings. The largest absolute Gasteiger partial charge is 0.504 e. The molecule has 0 saturated carbocycles. The first-order valence-electron chi connectivity index (χ1n) is 4.42. The maximum Gasteiger partial charge on any atom is 0.365 e. The first-order chi connectivity index (χ1) is 6.83. The minimum atomic E-state index is -1.14. The van der Waals surface area contributed by atoms with E-state index < -0.39 is 11.5 Å². The van der Waals surface area contributed by atoms with E-state index in [4.69, 9.17) is 10.2 Å². The predicted molar refractivity (Wildman–Crippen MR) is 52.4 cm³/mol. The predicted octanol–water partition coefficient (Wildman–Crippen LogP) is -0.275. The smallest absolute Gasteiger partial charge is 0.365 e. The lowest BCUT2D eigenvalue weighted by atomic mass is 9.94. The van der Waals surface area contributed by atoms with Crippen molar-refractivity contribution in [2.75, 3.05) is 0 Å². The molecule has 0 amide bonds. The Morgan fingerprint density at radius 1 is 1.40 bits per heavy atom. The monoisotopic (exact) mass is 212 g/mol. The summed E-state index contributed by atoms with van der Waals surface area (Å²) < 4.78 is 0. The third-order valence-corrected chi connectivity index (χ3v) is 2.15. The van der Waals surface area contributed by atoms with Gasteiger partial charge in [0.1, 0.15) is 0 Å². The first-order valence-corrected chi connectivity index (χ1v) is 4.42. The molecule has 0 aliphatic carbocycles. The van der Waals surface area contributed by atoms with E-state index >= 15 is 0 Å². The Balaban J connectivity index is 2.91. The van der Waals surface area contributed by atoms with Gasteiger partial charge < -0.3 is 21.1 Å². The number of rotatable bonds is 3. The number of benzene rings is 1. The van der Waals surface area contributed by atoms with Gasteiger partial charge in [-0.2, -0.15) is 0 Å². The molecular formula is C10H14NO4+. The zero-order valence-electron chi connectivity index (χ0n) is 8.40. The molecule has 0 spiro atoms. The van der Waals surface area contributed by atoms with Crippen LogP contribution in [0.2, 0.25) is 0 Å². The Bertz CT molecular complexity index is 387. The first kappa shape index (κ1) is 11.3. The third-order valence-electron chi connectivity index (χ3n) is 2.15. The van der Waals surface area contributed by atoms with Crippen LogP contribution in [0.15, 0.2) is 18.2 Å². The van der Waals surface area contributed by atoms with Crippen LogP contribution < -0.4 is 5.73 Å². The second-order valence-corrected chi connectivity index (χ2v) is 3.87. The fourth-order valence-electron chi connectivity index (χ4n) is 1.21. The minimum absolute atomic E-state index is 0.191. The molecule has 1 rings (SSSR count). The van der Waals surface area contributed by atoms with Crippen LogP contribution in [0.1, 0.15) is 12.5 Å². The summed E-state index contributed by atoms with van der Waals surface area (Å²) in [6.45, 7) is 1.50. The SMILES string of the molecule is C[C@@]([NH3+])(Cc1ccc(O)c(O)c1)C(=O)O. The summed E-state index contributed by atoms with van der Waals surface area (Å²) in [5, 5.41) is 27.1. The third kappa shape index (κ3) is 2.60. The fourth-order valence-corrected chi connectivity index (χ4v) is 1.21. The Morgan fingerprint density at radius 3 is 2.47 bits per heavy atom. The number of quaternary nitrogens is 1. The molecule has 0 unspecified atom stereocenters. The Kier molecular flexibility index (Phi) is 2.85. The van der Waals surface area contributed by atoms with Gasteiger partial charge in [-0.15, -0.1) is 0 Å². The molecule has 0 aliphatic heterocycles. The average Bonchev–Trinajstić information content (AvgIpc) is 2.10. The van der Waals surface area contributed by atoms with E-state index in [1.807, 2.05) is 0 Å². The zero-order valence-corrected chi connectivity index (χ0v) is 8.40. The Morgan fingerprint density at radius 2 is 2.00 bits per heavy atom. The Labute approximate surface area is 86.8 Å². The number of aliphatic carboxylic acids is 1. The Hall–Kier alpha value is -1.75. The second kappa shape index (κ2) is 3.78. The zero-order chi connectivity index (χ0) is 11.6. The molecule has 1 atom stereocenters. The van der Waals surface area contributed by atoms with Crippen molar-refractivity contribution < 1.29 is 25.8 Å². The van der Waals surface area contributed by atoms with Gasteiger partial charge in [-0.3, -0.25) is 0 Å². The van der Waals surface area contributed by atoms with Crippen LogP contribution in [0.25, 0.3) is 0 Å². The van der Waals surface area contributed by atoms with Gasteiger partial charge in [-0.1, -0.05) is 6.07 Å². The molecule has 0 radical (unpaired) electrons. The summed E-state index contributed by atoms with van der Waals surface area (Å²) in [5.41, 5.74) is 3.05. The van der Waals surface area contributed by atoms with Gasteiger partial charge >= 0.3 is 5.97 Å². The maximum absolute atomic E-state index is 10.8. The highest BCUT2D eigenvalue weighted by molar-refractivity contribution is 5.76. The molecule has 0 aromatic heterocycles. The molecule has 1 aromatic carbocycles. The number of aromatic hydroxyl groups is 2. The summed E-state index contributed by atoms with van der Waals surface area (Å²) in [6.07, 6.45) is 0.191. The summed E-state index contributed by atoms with van der Waals surface area (Å²) in [6, 6.07) is 4.21. The highest BCUT2D eigenvalue weighted by Crippen LogP contribution is 2.26. The van der Waals surface area contributed by atoms with Crippen molar-refractivity contribution in [2.24, 2.45) is 0 Å². The van der Waals surface area contributed by atoms with Gasteiger partial charge in [0.05, 0.1) is 0 Å². The van der Waals surface area contributed by atoms with Gasteiger partial charge in [0.2, 0.25) is 0 Å². The lowest BCUT2D eigenvalue weighted by molar-refractivity contribution is -0.455. The van der Waals surface area contributed by atoms with Gasteiger partial charge in [-0.25, -0.2) is 4.79 Å². The van der Waals surface area contributed by atoms with Crippen molar-refractivity contribution in [1.29, 1.82) is 0 Å². The van der Waals surface area contributed by atoms with Crippen LogP contribution in [-0.2, 0) is 11.2 Å². The van der Waals surface area contributed by atoms with Crippen LogP contribution in [0.3, 0.4) is 0 Å². The standard InChI is InChI=1S/C10H13NO4/c1-10(11,9(14)15)5-6-2-3-7(12)8(13)4-6/h2-4,12-13H,5,11H2,1H3,(H,14,15)/p+1/t10-/m1/s1. The van der Waals surface area contributed by atoms with Crippen LogP contribution in [0.5, 0.6) is 11.5 Å². The van der Waals surface area contributed by atoms with E-state index in [9.17, 15) is 9.90 Å². The van der Waals surface area contributed by atoms with Crippen molar-refractivity contribution in [1.82, 2.24) is 0 Å². The lowest BCUT2D eigenvalue weighted by Crippen LogP contribution is -2.76. The molecule has 82 valence electrons. The second-order valence-electron chi connectivity index (χ2n) is 3.87. The van der Waals surface area contributed by atoms with E-state index in [0.717, 1.165) is 0 Å². The summed E-state index contributed by atoms with van der Waals surface area (Å²) in [7, 11) is 0. The lowest BCUT2D eigenvalue weighted by Gasteiger charge is -2.15. The van der Waals surface area contributed by atoms with E-state index in [0.29, 0.717) is 5.56 Å². The normalized spacial score (nSPS) is 14.5. The molecular weight excluding hydrogens is 198 g/mol. The van der Waals surface area contributed by atoms with Crippen molar-refractivity contribution in [3.05, 3.63) is 23.8 Å². The molecule has 0 heterocycles. The van der Waals surface area contributed by atoms with Crippen LogP contribution in [0.4, 0.5) is 0 Å². The molecule has 6 N–H and O–H groups in total. The molecule has 0 saturated heterocycles. The summed E-state index contributed by atoms with van der Waals surface area (Å²) in [5.74, 6) is -1.48. The van der Waals surface area contributed by atoms with Gasteiger partial charge in [0.25, 0.3) is 0 Å².